The number of aryl methyl sites for hydroxylation is 2. The molecule has 8 heteroatoms. The third-order valence-corrected chi connectivity index (χ3v) is 7.38. The highest BCUT2D eigenvalue weighted by Crippen LogP contribution is 2.24. The normalized spacial score (nSPS) is 14.3. The molecule has 33 heavy (non-hydrogen) atoms. The van der Waals surface area contributed by atoms with Gasteiger partial charge in [0.25, 0.3) is 15.9 Å². The molecule has 1 amide bonds. The minimum absolute atomic E-state index is 0.0709. The van der Waals surface area contributed by atoms with Gasteiger partial charge in [0.05, 0.1) is 16.3 Å². The number of hydrogen-bond donors (Lipinski definition) is 1. The van der Waals surface area contributed by atoms with E-state index in [-0.39, 0.29) is 16.6 Å². The smallest absolute Gasteiger partial charge is 0.262 e. The predicted molar refractivity (Wildman–Crippen MR) is 128 cm³/mol. The number of carbonyl (C=O) groups excluding carboxylic acids is 1. The van der Waals surface area contributed by atoms with Gasteiger partial charge in [-0.05, 0) is 55.3 Å². The number of nitrogens with one attached hydrogen (secondary N) is 1. The number of nitrogens with zero attached hydrogens (tertiary/aromatic N) is 2. The van der Waals surface area contributed by atoms with Crippen LogP contribution in [0.5, 0.6) is 0 Å². The van der Waals surface area contributed by atoms with Crippen molar-refractivity contribution in [3.8, 4) is 0 Å². The van der Waals surface area contributed by atoms with E-state index >= 15 is 0 Å². The summed E-state index contributed by atoms with van der Waals surface area (Å²) < 4.78 is 42.9. The number of benzene rings is 3. The molecule has 0 aliphatic carbocycles. The van der Waals surface area contributed by atoms with Crippen molar-refractivity contribution in [3.05, 3.63) is 89.2 Å². The average Bonchev–Trinajstić information content (AvgIpc) is 2.81. The van der Waals surface area contributed by atoms with Crippen LogP contribution in [-0.4, -0.2) is 45.4 Å². The Labute approximate surface area is 193 Å². The molecule has 1 heterocycles. The van der Waals surface area contributed by atoms with Gasteiger partial charge < -0.3 is 9.80 Å². The average molecular weight is 468 g/mol. The Morgan fingerprint density at radius 3 is 2.24 bits per heavy atom. The molecule has 4 rings (SSSR count). The monoisotopic (exact) mass is 467 g/mol. The molecular formula is C25H26FN3O3S. The lowest BCUT2D eigenvalue weighted by Gasteiger charge is -2.36. The Bertz CT molecular complexity index is 1290. The van der Waals surface area contributed by atoms with Crippen LogP contribution in [0.4, 0.5) is 15.8 Å². The van der Waals surface area contributed by atoms with Crippen LogP contribution in [0.15, 0.2) is 71.6 Å². The van der Waals surface area contributed by atoms with Crippen molar-refractivity contribution in [2.45, 2.75) is 18.7 Å². The maximum Gasteiger partial charge on any atom is 0.262 e. The van der Waals surface area contributed by atoms with Gasteiger partial charge in [-0.3, -0.25) is 9.52 Å². The fourth-order valence-electron chi connectivity index (χ4n) is 3.95. The summed E-state index contributed by atoms with van der Waals surface area (Å²) in [7, 11) is -3.87. The van der Waals surface area contributed by atoms with Crippen LogP contribution < -0.4 is 9.62 Å². The highest BCUT2D eigenvalue weighted by molar-refractivity contribution is 7.92. The molecule has 0 unspecified atom stereocenters. The molecule has 6 nitrogen and oxygen atoms in total. The minimum Gasteiger partial charge on any atom is -0.366 e. The van der Waals surface area contributed by atoms with Crippen LogP contribution in [0, 0.1) is 19.7 Å². The molecule has 1 aliphatic rings. The zero-order chi connectivity index (χ0) is 23.6. The van der Waals surface area contributed by atoms with Crippen LogP contribution in [0.25, 0.3) is 0 Å². The number of carbonyl (C=O) groups is 1. The lowest BCUT2D eigenvalue weighted by molar-refractivity contribution is 0.0746. The first-order valence-corrected chi connectivity index (χ1v) is 12.2. The number of halogens is 1. The molecule has 0 aromatic heterocycles. The summed E-state index contributed by atoms with van der Waals surface area (Å²) in [5, 5.41) is 0. The van der Waals surface area contributed by atoms with Gasteiger partial charge in [0.1, 0.15) is 5.82 Å². The molecule has 0 spiro atoms. The molecule has 1 fully saturated rings. The summed E-state index contributed by atoms with van der Waals surface area (Å²) in [6.45, 7) is 5.37. The quantitative estimate of drug-likeness (QED) is 0.611. The summed E-state index contributed by atoms with van der Waals surface area (Å²) in [5.41, 5.74) is 2.69. The fraction of sp³-hybridized carbons (Fsp3) is 0.240. The van der Waals surface area contributed by atoms with Crippen LogP contribution in [0.1, 0.15) is 21.5 Å². The molecule has 3 aromatic rings. The number of para-hydroxylation sites is 2. The lowest BCUT2D eigenvalue weighted by Crippen LogP contribution is -2.49. The van der Waals surface area contributed by atoms with Gasteiger partial charge in [0, 0.05) is 31.7 Å². The molecule has 3 aromatic carbocycles. The molecule has 0 saturated carbocycles. The SMILES string of the molecule is Cc1ccccc1NS(=O)(=O)c1cc(C(=O)N2CCN(c3ccccc3F)CC2)ccc1C. The second kappa shape index (κ2) is 9.23. The van der Waals surface area contributed by atoms with E-state index in [1.165, 1.54) is 12.1 Å². The first kappa shape index (κ1) is 22.8. The summed E-state index contributed by atoms with van der Waals surface area (Å²) >= 11 is 0. The minimum atomic E-state index is -3.87. The third-order valence-electron chi connectivity index (χ3n) is 5.87. The molecule has 0 bridgehead atoms. The van der Waals surface area contributed by atoms with Crippen LogP contribution >= 0.6 is 0 Å². The van der Waals surface area contributed by atoms with E-state index in [1.54, 1.807) is 54.3 Å². The number of anilines is 2. The van der Waals surface area contributed by atoms with Crippen LogP contribution in [0.2, 0.25) is 0 Å². The van der Waals surface area contributed by atoms with Crippen molar-refractivity contribution in [1.29, 1.82) is 0 Å². The predicted octanol–water partition coefficient (Wildman–Crippen LogP) is 4.21. The highest BCUT2D eigenvalue weighted by atomic mass is 32.2. The molecular weight excluding hydrogens is 441 g/mol. The number of rotatable bonds is 5. The van der Waals surface area contributed by atoms with Gasteiger partial charge >= 0.3 is 0 Å². The summed E-state index contributed by atoms with van der Waals surface area (Å²) in [6.07, 6.45) is 0. The molecule has 1 aliphatic heterocycles. The van der Waals surface area contributed by atoms with Crippen molar-refractivity contribution < 1.29 is 17.6 Å². The first-order valence-electron chi connectivity index (χ1n) is 10.7. The zero-order valence-corrected chi connectivity index (χ0v) is 19.4. The van der Waals surface area contributed by atoms with Gasteiger partial charge in [-0.15, -0.1) is 0 Å². The van der Waals surface area contributed by atoms with Gasteiger partial charge in [-0.2, -0.15) is 0 Å². The van der Waals surface area contributed by atoms with E-state index in [0.29, 0.717) is 48.7 Å². The van der Waals surface area contributed by atoms with Gasteiger partial charge in [0.15, 0.2) is 0 Å². The Balaban J connectivity index is 1.51. The van der Waals surface area contributed by atoms with Crippen LogP contribution in [-0.2, 0) is 10.0 Å². The van der Waals surface area contributed by atoms with Gasteiger partial charge in [-0.1, -0.05) is 36.4 Å². The number of sulfonamides is 1. The van der Waals surface area contributed by atoms with Crippen molar-refractivity contribution >= 4 is 27.3 Å². The Hall–Kier alpha value is -3.39. The second-order valence-corrected chi connectivity index (χ2v) is 9.78. The van der Waals surface area contributed by atoms with Gasteiger partial charge in [0.2, 0.25) is 0 Å². The lowest BCUT2D eigenvalue weighted by atomic mass is 10.1. The van der Waals surface area contributed by atoms with E-state index in [2.05, 4.69) is 4.72 Å². The zero-order valence-electron chi connectivity index (χ0n) is 18.6. The van der Waals surface area contributed by atoms with Crippen molar-refractivity contribution in [1.82, 2.24) is 4.90 Å². The largest absolute Gasteiger partial charge is 0.366 e. The Kier molecular flexibility index (Phi) is 6.37. The van der Waals surface area contributed by atoms with E-state index in [4.69, 9.17) is 0 Å². The number of amides is 1. The second-order valence-electron chi connectivity index (χ2n) is 8.13. The molecule has 1 saturated heterocycles. The van der Waals surface area contributed by atoms with E-state index in [0.717, 1.165) is 5.56 Å². The maximum absolute atomic E-state index is 14.1. The van der Waals surface area contributed by atoms with Crippen LogP contribution in [0.3, 0.4) is 0 Å². The summed E-state index contributed by atoms with van der Waals surface area (Å²) in [4.78, 5) is 16.8. The topological polar surface area (TPSA) is 69.7 Å². The number of piperazine rings is 1. The third kappa shape index (κ3) is 4.85. The standard InChI is InChI=1S/C25H26FN3O3S/c1-18-7-3-5-9-22(18)27-33(31,32)24-17-20(12-11-19(24)2)25(30)29-15-13-28(14-16-29)23-10-6-4-8-21(23)26/h3-12,17,27H,13-16H2,1-2H3. The number of hydrogen-bond acceptors (Lipinski definition) is 4. The Morgan fingerprint density at radius 2 is 1.55 bits per heavy atom. The summed E-state index contributed by atoms with van der Waals surface area (Å²) in [5.74, 6) is -0.526. The molecule has 0 radical (unpaired) electrons. The van der Waals surface area contributed by atoms with E-state index < -0.39 is 10.0 Å². The van der Waals surface area contributed by atoms with E-state index in [1.807, 2.05) is 24.0 Å². The summed E-state index contributed by atoms with van der Waals surface area (Å²) in [6, 6.07) is 18.4. The molecule has 0 atom stereocenters. The Morgan fingerprint density at radius 1 is 0.879 bits per heavy atom. The maximum atomic E-state index is 14.1. The highest BCUT2D eigenvalue weighted by Gasteiger charge is 2.26. The van der Waals surface area contributed by atoms with Crippen molar-refractivity contribution in [2.75, 3.05) is 35.8 Å². The van der Waals surface area contributed by atoms with Crippen molar-refractivity contribution in [2.24, 2.45) is 0 Å². The molecule has 1 N–H and O–H groups in total. The first-order chi connectivity index (χ1) is 15.8. The fourth-order valence-corrected chi connectivity index (χ4v) is 5.35. The van der Waals surface area contributed by atoms with Gasteiger partial charge in [-0.25, -0.2) is 12.8 Å². The van der Waals surface area contributed by atoms with E-state index in [9.17, 15) is 17.6 Å². The van der Waals surface area contributed by atoms with Crippen molar-refractivity contribution in [3.63, 3.8) is 0 Å². The molecule has 172 valence electrons.